The molecule has 0 bridgehead atoms. The van der Waals surface area contributed by atoms with E-state index in [1.807, 2.05) is 0 Å². The zero-order valence-electron chi connectivity index (χ0n) is 10.2. The Hall–Kier alpha value is -1.58. The highest BCUT2D eigenvalue weighted by Gasteiger charge is 2.03. The summed E-state index contributed by atoms with van der Waals surface area (Å²) in [6.07, 6.45) is 3.26. The van der Waals surface area contributed by atoms with Gasteiger partial charge >= 0.3 is 0 Å². The molecule has 0 atom stereocenters. The first-order valence-corrected chi connectivity index (χ1v) is 7.25. The first-order chi connectivity index (χ1) is 8.93. The zero-order valence-corrected chi connectivity index (χ0v) is 11.0. The fraction of sp³-hybridized carbons (Fsp3) is 0.200. The van der Waals surface area contributed by atoms with E-state index in [9.17, 15) is 0 Å². The summed E-state index contributed by atoms with van der Waals surface area (Å²) in [5.41, 5.74) is 4.09. The number of nitrogens with two attached hydrogens (primary N) is 1. The van der Waals surface area contributed by atoms with E-state index in [2.05, 4.69) is 57.6 Å². The molecule has 0 fully saturated rings. The van der Waals surface area contributed by atoms with Crippen LogP contribution in [0, 0.1) is 0 Å². The minimum atomic E-state index is 1.09. The monoisotopic (exact) mass is 257 g/mol. The number of benzene rings is 1. The minimum Gasteiger partial charge on any atom is -0.361 e. The molecule has 3 N–H and O–H groups in total. The van der Waals surface area contributed by atoms with Crippen molar-refractivity contribution in [3.05, 3.63) is 58.4 Å². The van der Waals surface area contributed by atoms with Crippen LogP contribution in [0.5, 0.6) is 0 Å². The average Bonchev–Trinajstić information content (AvgIpc) is 3.04. The zero-order chi connectivity index (χ0) is 12.2. The summed E-state index contributed by atoms with van der Waals surface area (Å²) in [6, 6.07) is 10.7. The van der Waals surface area contributed by atoms with Gasteiger partial charge in [0.15, 0.2) is 0 Å². The lowest BCUT2D eigenvalue weighted by atomic mass is 10.1. The number of hydrogen-bond donors (Lipinski definition) is 2. The van der Waals surface area contributed by atoms with Crippen molar-refractivity contribution in [3.8, 4) is 0 Å². The Bertz CT molecular complexity index is 610. The second kappa shape index (κ2) is 5.38. The number of para-hydroxylation sites is 1. The lowest BCUT2D eigenvalue weighted by molar-refractivity contribution is -0.670. The van der Waals surface area contributed by atoms with Crippen LogP contribution in [0.1, 0.15) is 11.1 Å². The molecule has 18 heavy (non-hydrogen) atoms. The summed E-state index contributed by atoms with van der Waals surface area (Å²) >= 11 is 1.77. The lowest BCUT2D eigenvalue weighted by Crippen LogP contribution is -2.83. The number of nitrogens with one attached hydrogen (secondary N) is 1. The molecule has 2 heterocycles. The molecule has 0 radical (unpaired) electrons. The Morgan fingerprint density at radius 1 is 1.17 bits per heavy atom. The Morgan fingerprint density at radius 2 is 2.11 bits per heavy atom. The maximum absolute atomic E-state index is 3.33. The van der Waals surface area contributed by atoms with Crippen LogP contribution >= 0.6 is 11.3 Å². The van der Waals surface area contributed by atoms with Gasteiger partial charge in [-0.1, -0.05) is 18.2 Å². The highest BCUT2D eigenvalue weighted by Crippen LogP contribution is 2.17. The SMILES string of the molecule is c1ccc2c(CC[NH2+]Cc3ccsc3)c[nH]c2c1. The quantitative estimate of drug-likeness (QED) is 0.659. The van der Waals surface area contributed by atoms with Crippen LogP contribution in [-0.4, -0.2) is 11.5 Å². The van der Waals surface area contributed by atoms with Crippen molar-refractivity contribution in [2.45, 2.75) is 13.0 Å². The van der Waals surface area contributed by atoms with Gasteiger partial charge in [0.05, 0.1) is 6.54 Å². The van der Waals surface area contributed by atoms with Crippen molar-refractivity contribution in [1.82, 2.24) is 4.98 Å². The summed E-state index contributed by atoms with van der Waals surface area (Å²) in [7, 11) is 0. The van der Waals surface area contributed by atoms with Crippen LogP contribution in [0.15, 0.2) is 47.3 Å². The van der Waals surface area contributed by atoms with Crippen LogP contribution in [-0.2, 0) is 13.0 Å². The van der Waals surface area contributed by atoms with Gasteiger partial charge in [-0.25, -0.2) is 0 Å². The number of aromatic amines is 1. The molecule has 0 saturated heterocycles. The van der Waals surface area contributed by atoms with Gasteiger partial charge < -0.3 is 10.3 Å². The third-order valence-corrected chi connectivity index (χ3v) is 3.98. The minimum absolute atomic E-state index is 1.09. The molecule has 0 amide bonds. The predicted molar refractivity (Wildman–Crippen MR) is 76.8 cm³/mol. The van der Waals surface area contributed by atoms with Crippen molar-refractivity contribution in [2.75, 3.05) is 6.54 Å². The van der Waals surface area contributed by atoms with Gasteiger partial charge in [0, 0.05) is 29.1 Å². The summed E-state index contributed by atoms with van der Waals surface area (Å²) in [6.45, 7) is 2.23. The molecule has 1 aromatic carbocycles. The Morgan fingerprint density at radius 3 is 3.00 bits per heavy atom. The number of H-pyrrole nitrogens is 1. The van der Waals surface area contributed by atoms with E-state index in [0.717, 1.165) is 19.5 Å². The number of fused-ring (bicyclic) bond motifs is 1. The van der Waals surface area contributed by atoms with Gasteiger partial charge in [-0.2, -0.15) is 11.3 Å². The van der Waals surface area contributed by atoms with E-state index in [1.165, 1.54) is 22.0 Å². The molecule has 3 heteroatoms. The van der Waals surface area contributed by atoms with E-state index >= 15 is 0 Å². The van der Waals surface area contributed by atoms with E-state index < -0.39 is 0 Å². The first kappa shape index (κ1) is 11.5. The molecule has 92 valence electrons. The largest absolute Gasteiger partial charge is 0.361 e. The molecular weight excluding hydrogens is 240 g/mol. The van der Waals surface area contributed by atoms with Gasteiger partial charge in [0.1, 0.15) is 6.54 Å². The standard InChI is InChI=1S/C15H16N2S/c1-2-4-15-14(3-1)13(10-17-15)5-7-16-9-12-6-8-18-11-12/h1-4,6,8,10-11,16-17H,5,7,9H2/p+1. The van der Waals surface area contributed by atoms with Crippen molar-refractivity contribution in [1.29, 1.82) is 0 Å². The summed E-state index contributed by atoms with van der Waals surface area (Å²) in [5.74, 6) is 0. The Kier molecular flexibility index (Phi) is 3.44. The maximum Gasteiger partial charge on any atom is 0.102 e. The average molecular weight is 257 g/mol. The van der Waals surface area contributed by atoms with E-state index in [-0.39, 0.29) is 0 Å². The number of aromatic nitrogens is 1. The second-order valence-electron chi connectivity index (χ2n) is 4.52. The Balaban J connectivity index is 1.57. The van der Waals surface area contributed by atoms with Gasteiger partial charge in [0.25, 0.3) is 0 Å². The van der Waals surface area contributed by atoms with Crippen molar-refractivity contribution in [3.63, 3.8) is 0 Å². The topological polar surface area (TPSA) is 32.4 Å². The van der Waals surface area contributed by atoms with Crippen LogP contribution in [0.4, 0.5) is 0 Å². The molecule has 0 saturated carbocycles. The van der Waals surface area contributed by atoms with Gasteiger partial charge in [-0.05, 0) is 28.5 Å². The number of rotatable bonds is 5. The van der Waals surface area contributed by atoms with Crippen LogP contribution in [0.2, 0.25) is 0 Å². The summed E-state index contributed by atoms with van der Waals surface area (Å²) in [5, 5.41) is 8.11. The first-order valence-electron chi connectivity index (χ1n) is 6.31. The maximum atomic E-state index is 3.33. The summed E-state index contributed by atoms with van der Waals surface area (Å²) < 4.78 is 0. The van der Waals surface area contributed by atoms with E-state index in [4.69, 9.17) is 0 Å². The van der Waals surface area contributed by atoms with Crippen molar-refractivity contribution in [2.24, 2.45) is 0 Å². The number of quaternary nitrogens is 1. The third kappa shape index (κ3) is 2.47. The molecule has 0 spiro atoms. The molecule has 2 nitrogen and oxygen atoms in total. The molecule has 2 aromatic heterocycles. The molecule has 0 unspecified atom stereocenters. The van der Waals surface area contributed by atoms with Gasteiger partial charge in [-0.15, -0.1) is 0 Å². The summed E-state index contributed by atoms with van der Waals surface area (Å²) in [4.78, 5) is 3.33. The molecular formula is C15H17N2S+. The number of thiophene rings is 1. The molecule has 0 aliphatic rings. The highest BCUT2D eigenvalue weighted by molar-refractivity contribution is 7.07. The highest BCUT2D eigenvalue weighted by atomic mass is 32.1. The molecule has 0 aliphatic heterocycles. The fourth-order valence-electron chi connectivity index (χ4n) is 2.27. The normalized spacial score (nSPS) is 11.1. The van der Waals surface area contributed by atoms with Crippen LogP contribution in [0.25, 0.3) is 10.9 Å². The smallest absolute Gasteiger partial charge is 0.102 e. The van der Waals surface area contributed by atoms with Gasteiger partial charge in [0.2, 0.25) is 0 Å². The predicted octanol–water partition coefficient (Wildman–Crippen LogP) is 2.54. The third-order valence-electron chi connectivity index (χ3n) is 3.25. The van der Waals surface area contributed by atoms with Crippen molar-refractivity contribution >= 4 is 22.2 Å². The fourth-order valence-corrected chi connectivity index (χ4v) is 2.96. The molecule has 3 aromatic rings. The lowest BCUT2D eigenvalue weighted by Gasteiger charge is -2.00. The van der Waals surface area contributed by atoms with E-state index in [0.29, 0.717) is 0 Å². The molecule has 3 rings (SSSR count). The van der Waals surface area contributed by atoms with E-state index in [1.54, 1.807) is 11.3 Å². The van der Waals surface area contributed by atoms with Gasteiger partial charge in [-0.3, -0.25) is 0 Å². The van der Waals surface area contributed by atoms with Crippen LogP contribution in [0.3, 0.4) is 0 Å². The van der Waals surface area contributed by atoms with Crippen molar-refractivity contribution < 1.29 is 5.32 Å². The second-order valence-corrected chi connectivity index (χ2v) is 5.30. The number of hydrogen-bond acceptors (Lipinski definition) is 1. The van der Waals surface area contributed by atoms with Crippen LogP contribution < -0.4 is 5.32 Å². The molecule has 0 aliphatic carbocycles. The Labute approximate surface area is 111 Å².